The summed E-state index contributed by atoms with van der Waals surface area (Å²) in [5, 5.41) is 10.5. The number of ether oxygens (including phenoxy) is 1. The van der Waals surface area contributed by atoms with E-state index in [1.807, 2.05) is 0 Å². The van der Waals surface area contributed by atoms with Crippen LogP contribution in [0.4, 0.5) is 0 Å². The fourth-order valence-electron chi connectivity index (χ4n) is 0.960. The second-order valence-corrected chi connectivity index (χ2v) is 3.21. The van der Waals surface area contributed by atoms with Crippen molar-refractivity contribution in [2.45, 2.75) is 6.42 Å². The third kappa shape index (κ3) is 3.63. The lowest BCUT2D eigenvalue weighted by molar-refractivity contribution is -0.255. The maximum Gasteiger partial charge on any atom is 0.312 e. The molecule has 0 amide bonds. The molecule has 1 aromatic rings. The van der Waals surface area contributed by atoms with Crippen LogP contribution in [-0.4, -0.2) is 17.7 Å². The maximum absolute atomic E-state index is 11.1. The van der Waals surface area contributed by atoms with Gasteiger partial charge in [0.2, 0.25) is 0 Å². The van der Waals surface area contributed by atoms with E-state index in [1.54, 1.807) is 0 Å². The second kappa shape index (κ2) is 5.41. The van der Waals surface area contributed by atoms with E-state index in [0.717, 1.165) is 0 Å². The third-order valence-electron chi connectivity index (χ3n) is 1.62. The highest BCUT2D eigenvalue weighted by Crippen LogP contribution is 2.13. The van der Waals surface area contributed by atoms with Crippen LogP contribution in [0.15, 0.2) is 24.3 Å². The first-order chi connectivity index (χ1) is 7.13. The largest absolute Gasteiger partial charge is 0.545 e. The van der Waals surface area contributed by atoms with Crippen molar-refractivity contribution in [2.24, 2.45) is 0 Å². The minimum Gasteiger partial charge on any atom is -0.545 e. The van der Waals surface area contributed by atoms with E-state index in [4.69, 9.17) is 4.74 Å². The molecular weight excluding hydrogens is 216 g/mol. The Bertz CT molecular complexity index is 375. The van der Waals surface area contributed by atoms with Gasteiger partial charge in [0.15, 0.2) is 0 Å². The molecule has 1 rings (SSSR count). The van der Waals surface area contributed by atoms with Crippen LogP contribution in [0, 0.1) is 0 Å². The van der Waals surface area contributed by atoms with Gasteiger partial charge in [-0.25, -0.2) is 0 Å². The van der Waals surface area contributed by atoms with E-state index in [0.29, 0.717) is 5.75 Å². The van der Waals surface area contributed by atoms with Crippen LogP contribution in [0.25, 0.3) is 0 Å². The zero-order valence-corrected chi connectivity index (χ0v) is 8.70. The lowest BCUT2D eigenvalue weighted by atomic mass is 10.2. The smallest absolute Gasteiger partial charge is 0.312 e. The number of hydrogen-bond donors (Lipinski definition) is 1. The average molecular weight is 225 g/mol. The Hall–Kier alpha value is -1.49. The lowest BCUT2D eigenvalue weighted by Gasteiger charge is -2.06. The van der Waals surface area contributed by atoms with Gasteiger partial charge in [-0.1, -0.05) is 12.1 Å². The summed E-state index contributed by atoms with van der Waals surface area (Å²) in [7, 11) is 0. The molecule has 0 aliphatic carbocycles. The fraction of sp³-hybridized carbons (Fsp3) is 0.200. The highest BCUT2D eigenvalue weighted by molar-refractivity contribution is 7.80. The fourth-order valence-corrected chi connectivity index (χ4v) is 1.14. The minimum absolute atomic E-state index is 0.0221. The van der Waals surface area contributed by atoms with Crippen molar-refractivity contribution < 1.29 is 19.4 Å². The maximum atomic E-state index is 11.1. The molecule has 0 aliphatic heterocycles. The summed E-state index contributed by atoms with van der Waals surface area (Å²) in [6.07, 6.45) is 0.179. The molecule has 80 valence electrons. The van der Waals surface area contributed by atoms with E-state index in [9.17, 15) is 14.7 Å². The Labute approximate surface area is 92.3 Å². The average Bonchev–Trinajstić information content (AvgIpc) is 2.18. The van der Waals surface area contributed by atoms with E-state index in [2.05, 4.69) is 12.6 Å². The Morgan fingerprint density at radius 1 is 1.40 bits per heavy atom. The third-order valence-corrected chi connectivity index (χ3v) is 1.84. The second-order valence-electron chi connectivity index (χ2n) is 2.76. The number of carboxylic acids is 1. The van der Waals surface area contributed by atoms with Gasteiger partial charge in [0.1, 0.15) is 5.75 Å². The Balaban J connectivity index is 2.73. The van der Waals surface area contributed by atoms with Crippen LogP contribution in [0.5, 0.6) is 5.75 Å². The normalized spacial score (nSPS) is 9.67. The molecule has 0 atom stereocenters. The lowest BCUT2D eigenvalue weighted by Crippen LogP contribution is -2.22. The summed E-state index contributed by atoms with van der Waals surface area (Å²) in [5.41, 5.74) is -0.0221. The molecule has 0 aliphatic rings. The topological polar surface area (TPSA) is 66.4 Å². The van der Waals surface area contributed by atoms with Gasteiger partial charge in [0.05, 0.1) is 12.4 Å². The molecule has 0 radical (unpaired) electrons. The quantitative estimate of drug-likeness (QED) is 0.454. The van der Waals surface area contributed by atoms with Crippen molar-refractivity contribution in [3.63, 3.8) is 0 Å². The number of esters is 1. The van der Waals surface area contributed by atoms with Crippen molar-refractivity contribution in [1.82, 2.24) is 0 Å². The molecule has 0 bridgehead atoms. The molecule has 4 nitrogen and oxygen atoms in total. The van der Waals surface area contributed by atoms with Crippen LogP contribution < -0.4 is 9.84 Å². The number of benzene rings is 1. The first kappa shape index (κ1) is 11.6. The number of rotatable bonds is 4. The summed E-state index contributed by atoms with van der Waals surface area (Å²) in [6, 6.07) is 5.59. The molecule has 0 spiro atoms. The Morgan fingerprint density at radius 2 is 2.13 bits per heavy atom. The summed E-state index contributed by atoms with van der Waals surface area (Å²) in [4.78, 5) is 21.6. The molecule has 0 fully saturated rings. The van der Waals surface area contributed by atoms with Crippen LogP contribution in [-0.2, 0) is 4.79 Å². The standard InChI is InChI=1S/C10H10O4S/c11-9(4-5-15)14-8-3-1-2-7(6-8)10(12)13/h1-3,6,15H,4-5H2,(H,12,13)/p-1. The highest BCUT2D eigenvalue weighted by atomic mass is 32.1. The molecule has 0 unspecified atom stereocenters. The summed E-state index contributed by atoms with van der Waals surface area (Å²) in [6.45, 7) is 0. The summed E-state index contributed by atoms with van der Waals surface area (Å²) in [5.74, 6) is -1.16. The van der Waals surface area contributed by atoms with Crippen molar-refractivity contribution in [3.8, 4) is 5.75 Å². The molecule has 0 aromatic heterocycles. The van der Waals surface area contributed by atoms with Crippen LogP contribution >= 0.6 is 12.6 Å². The van der Waals surface area contributed by atoms with Crippen LogP contribution in [0.1, 0.15) is 16.8 Å². The van der Waals surface area contributed by atoms with Crippen LogP contribution in [0.3, 0.4) is 0 Å². The highest BCUT2D eigenvalue weighted by Gasteiger charge is 2.04. The van der Waals surface area contributed by atoms with Gasteiger partial charge in [-0.05, 0) is 12.1 Å². The summed E-state index contributed by atoms with van der Waals surface area (Å²) < 4.78 is 4.87. The monoisotopic (exact) mass is 225 g/mol. The molecule has 0 N–H and O–H groups in total. The van der Waals surface area contributed by atoms with Gasteiger partial charge >= 0.3 is 5.97 Å². The SMILES string of the molecule is O=C(CCS)Oc1cccc(C(=O)[O-])c1. The summed E-state index contributed by atoms with van der Waals surface area (Å²) >= 11 is 3.87. The van der Waals surface area contributed by atoms with Gasteiger partial charge in [-0.3, -0.25) is 4.79 Å². The van der Waals surface area contributed by atoms with Crippen molar-refractivity contribution in [2.75, 3.05) is 5.75 Å². The Kier molecular flexibility index (Phi) is 4.17. The van der Waals surface area contributed by atoms with Crippen molar-refractivity contribution in [1.29, 1.82) is 0 Å². The van der Waals surface area contributed by atoms with Gasteiger partial charge < -0.3 is 14.6 Å². The molecule has 5 heteroatoms. The number of carbonyl (C=O) groups is 2. The van der Waals surface area contributed by atoms with E-state index in [1.165, 1.54) is 24.3 Å². The molecule has 0 heterocycles. The number of hydrogen-bond acceptors (Lipinski definition) is 5. The zero-order chi connectivity index (χ0) is 11.3. The molecule has 1 aromatic carbocycles. The number of carboxylic acid groups (broad SMARTS) is 1. The van der Waals surface area contributed by atoms with E-state index >= 15 is 0 Å². The number of aromatic carboxylic acids is 1. The van der Waals surface area contributed by atoms with Crippen molar-refractivity contribution in [3.05, 3.63) is 29.8 Å². The number of thiol groups is 1. The van der Waals surface area contributed by atoms with Gasteiger partial charge in [-0.2, -0.15) is 12.6 Å². The van der Waals surface area contributed by atoms with Gasteiger partial charge in [0.25, 0.3) is 0 Å². The van der Waals surface area contributed by atoms with E-state index in [-0.39, 0.29) is 17.7 Å². The van der Waals surface area contributed by atoms with Crippen LogP contribution in [0.2, 0.25) is 0 Å². The molecular formula is C10H9O4S-. The van der Waals surface area contributed by atoms with Gasteiger partial charge in [-0.15, -0.1) is 0 Å². The van der Waals surface area contributed by atoms with Gasteiger partial charge in [0, 0.05) is 11.3 Å². The van der Waals surface area contributed by atoms with E-state index < -0.39 is 11.9 Å². The predicted molar refractivity (Wildman–Crippen MR) is 54.9 cm³/mol. The van der Waals surface area contributed by atoms with Crippen molar-refractivity contribution >= 4 is 24.6 Å². The zero-order valence-electron chi connectivity index (χ0n) is 7.80. The number of carbonyl (C=O) groups excluding carboxylic acids is 2. The molecule has 0 saturated heterocycles. The first-order valence-corrected chi connectivity index (χ1v) is 4.89. The first-order valence-electron chi connectivity index (χ1n) is 4.26. The Morgan fingerprint density at radius 3 is 2.73 bits per heavy atom. The minimum atomic E-state index is -1.30. The predicted octanol–water partition coefficient (Wildman–Crippen LogP) is 0.275. The molecule has 0 saturated carbocycles. The molecule has 15 heavy (non-hydrogen) atoms.